The lowest BCUT2D eigenvalue weighted by Gasteiger charge is -2.24. The minimum Gasteiger partial charge on any atom is -0.383 e. The molecule has 2 aliphatic rings. The summed E-state index contributed by atoms with van der Waals surface area (Å²) in [5, 5.41) is 1.97. The number of carbonyl (C=O) groups is 1. The molecule has 0 aromatic carbocycles. The highest BCUT2D eigenvalue weighted by Crippen LogP contribution is 2.32. The molecule has 19 heavy (non-hydrogen) atoms. The van der Waals surface area contributed by atoms with E-state index >= 15 is 0 Å². The molecule has 3 rings (SSSR count). The molecule has 2 unspecified atom stereocenters. The van der Waals surface area contributed by atoms with E-state index in [-0.39, 0.29) is 5.91 Å². The van der Waals surface area contributed by atoms with Gasteiger partial charge in [-0.15, -0.1) is 11.3 Å². The van der Waals surface area contributed by atoms with Gasteiger partial charge in [0.1, 0.15) is 0 Å². The average Bonchev–Trinajstić information content (AvgIpc) is 3.11. The van der Waals surface area contributed by atoms with Crippen LogP contribution >= 0.6 is 11.3 Å². The minimum absolute atomic E-state index is 0.219. The van der Waals surface area contributed by atoms with Crippen LogP contribution in [0.3, 0.4) is 0 Å². The Morgan fingerprint density at radius 1 is 1.53 bits per heavy atom. The molecule has 0 aliphatic carbocycles. The molecule has 3 heterocycles. The van der Waals surface area contributed by atoms with Crippen LogP contribution in [0.15, 0.2) is 17.5 Å². The van der Waals surface area contributed by atoms with E-state index in [9.17, 15) is 4.79 Å². The van der Waals surface area contributed by atoms with E-state index in [2.05, 4.69) is 9.80 Å². The van der Waals surface area contributed by atoms with Crippen molar-refractivity contribution in [2.24, 2.45) is 5.92 Å². The fourth-order valence-corrected chi connectivity index (χ4v) is 3.92. The van der Waals surface area contributed by atoms with Gasteiger partial charge in [-0.3, -0.25) is 9.69 Å². The maximum Gasteiger partial charge on any atom is 0.264 e. The van der Waals surface area contributed by atoms with Crippen LogP contribution in [0.2, 0.25) is 0 Å². The van der Waals surface area contributed by atoms with Gasteiger partial charge in [-0.2, -0.15) is 0 Å². The number of rotatable bonds is 4. The molecule has 2 atom stereocenters. The molecule has 2 fully saturated rings. The fraction of sp³-hybridized carbons (Fsp3) is 0.643. The van der Waals surface area contributed by atoms with Gasteiger partial charge in [0.15, 0.2) is 0 Å². The van der Waals surface area contributed by atoms with Gasteiger partial charge in [0.05, 0.1) is 11.5 Å². The zero-order valence-corrected chi connectivity index (χ0v) is 12.1. The molecular weight excluding hydrogens is 260 g/mol. The summed E-state index contributed by atoms with van der Waals surface area (Å²) in [6.45, 7) is 4.79. The Bertz CT molecular complexity index is 435. The molecule has 4 nitrogen and oxygen atoms in total. The number of hydrogen-bond donors (Lipinski definition) is 0. The normalized spacial score (nSPS) is 26.9. The van der Waals surface area contributed by atoms with E-state index in [1.807, 2.05) is 17.5 Å². The molecule has 1 amide bonds. The molecule has 0 N–H and O–H groups in total. The summed E-state index contributed by atoms with van der Waals surface area (Å²) in [6.07, 6.45) is 1.14. The van der Waals surface area contributed by atoms with Crippen LogP contribution in [0.4, 0.5) is 0 Å². The number of nitrogens with zero attached hydrogens (tertiary/aromatic N) is 2. The molecule has 2 saturated heterocycles. The Kier molecular flexibility index (Phi) is 3.86. The Labute approximate surface area is 118 Å². The second kappa shape index (κ2) is 5.61. The molecule has 0 spiro atoms. The van der Waals surface area contributed by atoms with E-state index in [0.717, 1.165) is 44.1 Å². The van der Waals surface area contributed by atoms with Gasteiger partial charge in [-0.05, 0) is 23.8 Å². The van der Waals surface area contributed by atoms with Gasteiger partial charge in [-0.25, -0.2) is 0 Å². The van der Waals surface area contributed by atoms with Crippen LogP contribution in [0.25, 0.3) is 0 Å². The average molecular weight is 280 g/mol. The number of thiophene rings is 1. The molecule has 1 aromatic rings. The summed E-state index contributed by atoms with van der Waals surface area (Å²) < 4.78 is 5.14. The second-order valence-corrected chi connectivity index (χ2v) is 6.29. The topological polar surface area (TPSA) is 32.8 Å². The first kappa shape index (κ1) is 13.1. The monoisotopic (exact) mass is 280 g/mol. The second-order valence-electron chi connectivity index (χ2n) is 5.34. The van der Waals surface area contributed by atoms with E-state index in [1.165, 1.54) is 0 Å². The van der Waals surface area contributed by atoms with Gasteiger partial charge < -0.3 is 9.64 Å². The first-order valence-corrected chi connectivity index (χ1v) is 7.73. The Balaban J connectivity index is 1.64. The maximum absolute atomic E-state index is 12.5. The molecule has 1 aromatic heterocycles. The van der Waals surface area contributed by atoms with Crippen molar-refractivity contribution in [3.05, 3.63) is 22.4 Å². The lowest BCUT2D eigenvalue weighted by molar-refractivity contribution is 0.0727. The summed E-state index contributed by atoms with van der Waals surface area (Å²) in [5.41, 5.74) is 0. The van der Waals surface area contributed by atoms with Gasteiger partial charge in [0.25, 0.3) is 5.91 Å². The largest absolute Gasteiger partial charge is 0.383 e. The summed E-state index contributed by atoms with van der Waals surface area (Å²) in [4.78, 5) is 17.8. The van der Waals surface area contributed by atoms with Gasteiger partial charge >= 0.3 is 0 Å². The highest BCUT2D eigenvalue weighted by atomic mass is 32.1. The van der Waals surface area contributed by atoms with Crippen LogP contribution < -0.4 is 0 Å². The highest BCUT2D eigenvalue weighted by Gasteiger charge is 2.43. The summed E-state index contributed by atoms with van der Waals surface area (Å²) in [5.74, 6) is 0.872. The van der Waals surface area contributed by atoms with Crippen molar-refractivity contribution < 1.29 is 9.53 Å². The summed E-state index contributed by atoms with van der Waals surface area (Å²) >= 11 is 1.54. The lowest BCUT2D eigenvalue weighted by atomic mass is 10.1. The Morgan fingerprint density at radius 2 is 2.42 bits per heavy atom. The number of ether oxygens (including phenoxy) is 1. The van der Waals surface area contributed by atoms with E-state index in [0.29, 0.717) is 12.0 Å². The third kappa shape index (κ3) is 2.55. The molecular formula is C14H20N2O2S. The molecule has 0 bridgehead atoms. The molecule has 2 aliphatic heterocycles. The number of hydrogen-bond acceptors (Lipinski definition) is 4. The molecule has 5 heteroatoms. The van der Waals surface area contributed by atoms with E-state index in [1.54, 1.807) is 18.4 Å². The predicted octanol–water partition coefficient (Wildman–Crippen LogP) is 1.54. The van der Waals surface area contributed by atoms with Crippen LogP contribution in [0.5, 0.6) is 0 Å². The SMILES string of the molecule is COCCN1CC2CCN(C(=O)c3cccs3)C2C1. The fourth-order valence-electron chi connectivity index (χ4n) is 3.25. The zero-order valence-electron chi connectivity index (χ0n) is 11.2. The third-order valence-corrected chi connectivity index (χ3v) is 5.09. The number of fused-ring (bicyclic) bond motifs is 1. The van der Waals surface area contributed by atoms with E-state index < -0.39 is 0 Å². The van der Waals surface area contributed by atoms with Crippen LogP contribution in [0, 0.1) is 5.92 Å². The predicted molar refractivity (Wildman–Crippen MR) is 75.6 cm³/mol. The summed E-state index contributed by atoms with van der Waals surface area (Å²) in [6, 6.07) is 4.29. The molecule has 104 valence electrons. The Hall–Kier alpha value is -0.910. The van der Waals surface area contributed by atoms with Gasteiger partial charge in [0.2, 0.25) is 0 Å². The van der Waals surface area contributed by atoms with Crippen molar-refractivity contribution in [1.29, 1.82) is 0 Å². The standard InChI is InChI=1S/C14H20N2O2S/c1-18-7-6-15-9-11-4-5-16(12(11)10-15)14(17)13-3-2-8-19-13/h2-3,8,11-12H,4-7,9-10H2,1H3. The maximum atomic E-state index is 12.5. The van der Waals surface area contributed by atoms with Crippen LogP contribution in [-0.4, -0.2) is 61.6 Å². The smallest absolute Gasteiger partial charge is 0.264 e. The zero-order chi connectivity index (χ0) is 13.2. The van der Waals surface area contributed by atoms with Gasteiger partial charge in [0, 0.05) is 39.3 Å². The number of amides is 1. The number of carbonyl (C=O) groups excluding carboxylic acids is 1. The number of methoxy groups -OCH3 is 1. The minimum atomic E-state index is 0.219. The van der Waals surface area contributed by atoms with Crippen LogP contribution in [-0.2, 0) is 4.74 Å². The Morgan fingerprint density at radius 3 is 3.16 bits per heavy atom. The lowest BCUT2D eigenvalue weighted by Crippen LogP contribution is -2.39. The van der Waals surface area contributed by atoms with Crippen molar-refractivity contribution in [1.82, 2.24) is 9.80 Å². The summed E-state index contributed by atoms with van der Waals surface area (Å²) in [7, 11) is 1.74. The van der Waals surface area contributed by atoms with Crippen molar-refractivity contribution in [3.63, 3.8) is 0 Å². The first-order valence-electron chi connectivity index (χ1n) is 6.85. The molecule has 0 radical (unpaired) electrons. The van der Waals surface area contributed by atoms with Gasteiger partial charge in [-0.1, -0.05) is 6.07 Å². The van der Waals surface area contributed by atoms with Crippen molar-refractivity contribution >= 4 is 17.2 Å². The van der Waals surface area contributed by atoms with E-state index in [4.69, 9.17) is 4.74 Å². The first-order chi connectivity index (χ1) is 9.29. The quantitative estimate of drug-likeness (QED) is 0.839. The highest BCUT2D eigenvalue weighted by molar-refractivity contribution is 7.12. The van der Waals surface area contributed by atoms with Crippen LogP contribution in [0.1, 0.15) is 16.1 Å². The molecule has 0 saturated carbocycles. The number of likely N-dealkylation sites (tertiary alicyclic amines) is 2. The van der Waals surface area contributed by atoms with Crippen molar-refractivity contribution in [2.45, 2.75) is 12.5 Å². The van der Waals surface area contributed by atoms with Crippen molar-refractivity contribution in [2.75, 3.05) is 39.9 Å². The van der Waals surface area contributed by atoms with Crippen molar-refractivity contribution in [3.8, 4) is 0 Å². The third-order valence-electron chi connectivity index (χ3n) is 4.23.